The highest BCUT2D eigenvalue weighted by Gasteiger charge is 2.27. The van der Waals surface area contributed by atoms with Crippen LogP contribution in [0.3, 0.4) is 0 Å². The number of carboxylic acid groups (broad SMARTS) is 2. The van der Waals surface area contributed by atoms with Crippen molar-refractivity contribution in [2.75, 3.05) is 31.9 Å². The van der Waals surface area contributed by atoms with Gasteiger partial charge < -0.3 is 15.1 Å². The molecule has 0 radical (unpaired) electrons. The molecule has 1 aliphatic heterocycles. The van der Waals surface area contributed by atoms with E-state index in [9.17, 15) is 13.2 Å². The highest BCUT2D eigenvalue weighted by Crippen LogP contribution is 2.11. The minimum Gasteiger partial charge on any atom is -0.473 e. The van der Waals surface area contributed by atoms with E-state index in [4.69, 9.17) is 19.8 Å². The molecule has 0 aliphatic carbocycles. The third kappa shape index (κ3) is 7.93. The molecule has 0 saturated carbocycles. The molecule has 134 valence electrons. The first-order chi connectivity index (χ1) is 10.5. The smallest absolute Gasteiger partial charge is 0.414 e. The number of sulfonamides is 1. The molecule has 0 unspecified atom stereocenters. The van der Waals surface area contributed by atoms with E-state index in [0.29, 0.717) is 38.5 Å². The van der Waals surface area contributed by atoms with Crippen LogP contribution < -0.4 is 0 Å². The number of amides is 1. The maximum Gasteiger partial charge on any atom is 0.414 e. The Bertz CT molecular complexity index is 510. The summed E-state index contributed by atoms with van der Waals surface area (Å²) in [5, 5.41) is 14.8. The predicted octanol–water partition coefficient (Wildman–Crippen LogP) is -0.318. The summed E-state index contributed by atoms with van der Waals surface area (Å²) in [6, 6.07) is 0. The first-order valence-electron chi connectivity index (χ1n) is 7.23. The second-order valence-electron chi connectivity index (χ2n) is 5.39. The van der Waals surface area contributed by atoms with Crippen LogP contribution in [0.1, 0.15) is 27.2 Å². The summed E-state index contributed by atoms with van der Waals surface area (Å²) >= 11 is 0. The first kappa shape index (κ1) is 21.3. The van der Waals surface area contributed by atoms with E-state index < -0.39 is 22.0 Å². The van der Waals surface area contributed by atoms with Gasteiger partial charge in [-0.05, 0) is 12.8 Å². The summed E-state index contributed by atoms with van der Waals surface area (Å²) in [5.41, 5.74) is 0. The monoisotopic (exact) mass is 352 g/mol. The Balaban J connectivity index is 0.000000688. The number of aliphatic carboxylic acids is 2. The maximum absolute atomic E-state index is 11.8. The summed E-state index contributed by atoms with van der Waals surface area (Å²) in [6.07, 6.45) is 0.542. The number of piperazine rings is 1. The highest BCUT2D eigenvalue weighted by atomic mass is 32.2. The fraction of sp³-hybridized carbons (Fsp3) is 0.769. The van der Waals surface area contributed by atoms with E-state index >= 15 is 0 Å². The van der Waals surface area contributed by atoms with Crippen molar-refractivity contribution < 1.29 is 33.0 Å². The Morgan fingerprint density at radius 1 is 1.00 bits per heavy atom. The number of carbonyl (C=O) groups excluding carboxylic acids is 1. The largest absolute Gasteiger partial charge is 0.473 e. The normalized spacial score (nSPS) is 15.7. The lowest BCUT2D eigenvalue weighted by atomic mass is 10.1. The topological polar surface area (TPSA) is 132 Å². The van der Waals surface area contributed by atoms with Crippen molar-refractivity contribution in [3.8, 4) is 0 Å². The number of carbonyl (C=O) groups is 3. The maximum atomic E-state index is 11.8. The molecule has 1 heterocycles. The van der Waals surface area contributed by atoms with Gasteiger partial charge in [0.05, 0.1) is 5.75 Å². The van der Waals surface area contributed by atoms with Gasteiger partial charge in [0.15, 0.2) is 0 Å². The fourth-order valence-electron chi connectivity index (χ4n) is 1.88. The van der Waals surface area contributed by atoms with Gasteiger partial charge in [-0.2, -0.15) is 4.31 Å². The second-order valence-corrected chi connectivity index (χ2v) is 7.65. The third-order valence-electron chi connectivity index (χ3n) is 3.12. The van der Waals surface area contributed by atoms with Crippen LogP contribution in [-0.2, 0) is 24.4 Å². The molecule has 0 spiro atoms. The predicted molar refractivity (Wildman–Crippen MR) is 82.3 cm³/mol. The molecule has 0 aromatic heterocycles. The van der Waals surface area contributed by atoms with Gasteiger partial charge >= 0.3 is 11.9 Å². The molecule has 9 nitrogen and oxygen atoms in total. The van der Waals surface area contributed by atoms with Crippen LogP contribution in [0.25, 0.3) is 0 Å². The lowest BCUT2D eigenvalue weighted by molar-refractivity contribution is -0.159. The Hall–Kier alpha value is -1.68. The van der Waals surface area contributed by atoms with E-state index in [1.54, 1.807) is 11.8 Å². The van der Waals surface area contributed by atoms with E-state index in [1.807, 2.05) is 13.8 Å². The molecule has 1 aliphatic rings. The Labute approximate surface area is 135 Å². The van der Waals surface area contributed by atoms with Gasteiger partial charge in [0, 0.05) is 32.6 Å². The van der Waals surface area contributed by atoms with Crippen LogP contribution in [0.4, 0.5) is 0 Å². The number of rotatable bonds is 4. The molecule has 1 saturated heterocycles. The third-order valence-corrected chi connectivity index (χ3v) is 5.00. The average Bonchev–Trinajstić information content (AvgIpc) is 2.47. The van der Waals surface area contributed by atoms with Crippen molar-refractivity contribution in [3.63, 3.8) is 0 Å². The summed E-state index contributed by atoms with van der Waals surface area (Å²) in [6.45, 7) is 7.56. The van der Waals surface area contributed by atoms with Crippen molar-refractivity contribution in [2.24, 2.45) is 5.92 Å². The average molecular weight is 352 g/mol. The Morgan fingerprint density at radius 2 is 1.43 bits per heavy atom. The zero-order chi connectivity index (χ0) is 18.2. The van der Waals surface area contributed by atoms with Gasteiger partial charge in [0.25, 0.3) is 0 Å². The van der Waals surface area contributed by atoms with Crippen molar-refractivity contribution in [1.29, 1.82) is 0 Å². The van der Waals surface area contributed by atoms with Gasteiger partial charge in [-0.15, -0.1) is 0 Å². The minimum atomic E-state index is -3.10. The molecule has 1 fully saturated rings. The van der Waals surface area contributed by atoms with Crippen molar-refractivity contribution in [2.45, 2.75) is 27.2 Å². The summed E-state index contributed by atoms with van der Waals surface area (Å²) in [4.78, 5) is 31.8. The van der Waals surface area contributed by atoms with Crippen LogP contribution in [0.2, 0.25) is 0 Å². The van der Waals surface area contributed by atoms with Gasteiger partial charge in [0.1, 0.15) is 0 Å². The molecular weight excluding hydrogens is 328 g/mol. The Morgan fingerprint density at radius 3 is 1.74 bits per heavy atom. The molecule has 0 bridgehead atoms. The molecular formula is C13H24N2O7S. The highest BCUT2D eigenvalue weighted by molar-refractivity contribution is 7.89. The summed E-state index contributed by atoms with van der Waals surface area (Å²) in [5.74, 6) is -3.04. The van der Waals surface area contributed by atoms with Gasteiger partial charge in [-0.1, -0.05) is 13.8 Å². The molecule has 1 rings (SSSR count). The molecule has 0 aromatic carbocycles. The van der Waals surface area contributed by atoms with Gasteiger partial charge in [-0.25, -0.2) is 18.0 Å². The number of hydrogen-bond acceptors (Lipinski definition) is 5. The van der Waals surface area contributed by atoms with Crippen LogP contribution >= 0.6 is 0 Å². The zero-order valence-electron chi connectivity index (χ0n) is 13.6. The standard InChI is InChI=1S/C11H22N2O3S.C2H2O4/c1-4-17(15,16)13-7-5-12(6-8-13)11(14)9-10(2)3;3-1(4)2(5)6/h10H,4-9H2,1-3H3;(H,3,4)(H,5,6). The zero-order valence-corrected chi connectivity index (χ0v) is 14.4. The number of carboxylic acids is 2. The summed E-state index contributed by atoms with van der Waals surface area (Å²) in [7, 11) is -3.10. The van der Waals surface area contributed by atoms with E-state index in [2.05, 4.69) is 0 Å². The lowest BCUT2D eigenvalue weighted by Gasteiger charge is -2.34. The molecule has 0 atom stereocenters. The van der Waals surface area contributed by atoms with Crippen LogP contribution in [0.5, 0.6) is 0 Å². The van der Waals surface area contributed by atoms with E-state index in [1.165, 1.54) is 4.31 Å². The molecule has 0 aromatic rings. The second kappa shape index (κ2) is 9.46. The summed E-state index contributed by atoms with van der Waals surface area (Å²) < 4.78 is 24.7. The van der Waals surface area contributed by atoms with Crippen molar-refractivity contribution in [3.05, 3.63) is 0 Å². The SMILES string of the molecule is CCS(=O)(=O)N1CCN(C(=O)CC(C)C)CC1.O=C(O)C(=O)O. The van der Waals surface area contributed by atoms with Crippen molar-refractivity contribution in [1.82, 2.24) is 9.21 Å². The van der Waals surface area contributed by atoms with Gasteiger partial charge in [-0.3, -0.25) is 4.79 Å². The molecule has 23 heavy (non-hydrogen) atoms. The Kier molecular flexibility index (Phi) is 8.77. The minimum absolute atomic E-state index is 0.132. The quantitative estimate of drug-likeness (QED) is 0.663. The van der Waals surface area contributed by atoms with Crippen LogP contribution in [0, 0.1) is 5.92 Å². The van der Waals surface area contributed by atoms with Crippen molar-refractivity contribution >= 4 is 27.9 Å². The number of hydrogen-bond donors (Lipinski definition) is 2. The van der Waals surface area contributed by atoms with E-state index in [0.717, 1.165) is 0 Å². The van der Waals surface area contributed by atoms with Crippen LogP contribution in [-0.4, -0.2) is 77.6 Å². The lowest BCUT2D eigenvalue weighted by Crippen LogP contribution is -2.51. The molecule has 2 N–H and O–H groups in total. The van der Waals surface area contributed by atoms with Gasteiger partial charge in [0.2, 0.25) is 15.9 Å². The molecule has 10 heteroatoms. The first-order valence-corrected chi connectivity index (χ1v) is 8.84. The van der Waals surface area contributed by atoms with Crippen LogP contribution in [0.15, 0.2) is 0 Å². The van der Waals surface area contributed by atoms with E-state index in [-0.39, 0.29) is 11.7 Å². The fourth-order valence-corrected chi connectivity index (χ4v) is 2.96. The molecule has 1 amide bonds. The number of nitrogens with zero attached hydrogens (tertiary/aromatic N) is 2.